The molecule has 0 unspecified atom stereocenters. The zero-order valence-corrected chi connectivity index (χ0v) is 16.3. The summed E-state index contributed by atoms with van der Waals surface area (Å²) in [4.78, 5) is 34.3. The molecular weight excluding hydrogens is 350 g/mol. The first kappa shape index (κ1) is 20.9. The van der Waals surface area contributed by atoms with Gasteiger partial charge in [-0.25, -0.2) is 14.8 Å². The standard InChI is InChI=1S/C18H29N5O4/c1-4-27-18(25)23-9-6-14(7-10-23)22-16-12-15(20-13(2)21-16)17(24)19-8-5-11-26-3/h12,14H,4-11H2,1-3H3,(H,19,24)(H,20,21,22). The van der Waals surface area contributed by atoms with Gasteiger partial charge in [0.25, 0.3) is 5.91 Å². The summed E-state index contributed by atoms with van der Waals surface area (Å²) >= 11 is 0. The molecule has 2 N–H and O–H groups in total. The Morgan fingerprint density at radius 1 is 1.30 bits per heavy atom. The van der Waals surface area contributed by atoms with E-state index in [2.05, 4.69) is 20.6 Å². The Hall–Kier alpha value is -2.42. The number of hydrogen-bond donors (Lipinski definition) is 2. The normalized spacial score (nSPS) is 14.7. The van der Waals surface area contributed by atoms with Gasteiger partial charge in [-0.1, -0.05) is 0 Å². The molecule has 1 aromatic heterocycles. The zero-order valence-electron chi connectivity index (χ0n) is 16.3. The fourth-order valence-corrected chi connectivity index (χ4v) is 2.90. The molecule has 2 rings (SSSR count). The van der Waals surface area contributed by atoms with Crippen molar-refractivity contribution in [3.63, 3.8) is 0 Å². The molecule has 0 radical (unpaired) electrons. The summed E-state index contributed by atoms with van der Waals surface area (Å²) in [7, 11) is 1.63. The third-order valence-corrected chi connectivity index (χ3v) is 4.25. The molecule has 0 aliphatic carbocycles. The lowest BCUT2D eigenvalue weighted by molar-refractivity contribution is 0.0941. The summed E-state index contributed by atoms with van der Waals surface area (Å²) in [6.45, 7) is 6.34. The van der Waals surface area contributed by atoms with Crippen molar-refractivity contribution in [3.05, 3.63) is 17.6 Å². The molecule has 9 heteroatoms. The number of methoxy groups -OCH3 is 1. The average Bonchev–Trinajstić information content (AvgIpc) is 2.65. The second-order valence-electron chi connectivity index (χ2n) is 6.39. The van der Waals surface area contributed by atoms with E-state index in [0.29, 0.717) is 50.2 Å². The van der Waals surface area contributed by atoms with Crippen molar-refractivity contribution >= 4 is 17.8 Å². The molecule has 0 bridgehead atoms. The Labute approximate surface area is 159 Å². The molecule has 1 aliphatic heterocycles. The van der Waals surface area contributed by atoms with Crippen LogP contribution in [-0.4, -0.2) is 72.9 Å². The number of aryl methyl sites for hydroxylation is 1. The first-order valence-electron chi connectivity index (χ1n) is 9.34. The molecule has 9 nitrogen and oxygen atoms in total. The number of anilines is 1. The Balaban J connectivity index is 1.89. The Bertz CT molecular complexity index is 632. The number of rotatable bonds is 8. The van der Waals surface area contributed by atoms with Crippen molar-refractivity contribution in [1.82, 2.24) is 20.2 Å². The van der Waals surface area contributed by atoms with E-state index in [9.17, 15) is 9.59 Å². The summed E-state index contributed by atoms with van der Waals surface area (Å²) in [5.41, 5.74) is 0.339. The van der Waals surface area contributed by atoms with E-state index >= 15 is 0 Å². The number of nitrogens with one attached hydrogen (secondary N) is 2. The van der Waals surface area contributed by atoms with Crippen LogP contribution in [0.1, 0.15) is 42.5 Å². The number of nitrogens with zero attached hydrogens (tertiary/aromatic N) is 3. The summed E-state index contributed by atoms with van der Waals surface area (Å²) < 4.78 is 10.0. The predicted molar refractivity (Wildman–Crippen MR) is 101 cm³/mol. The fourth-order valence-electron chi connectivity index (χ4n) is 2.90. The first-order valence-corrected chi connectivity index (χ1v) is 9.34. The van der Waals surface area contributed by atoms with Crippen LogP contribution < -0.4 is 10.6 Å². The lowest BCUT2D eigenvalue weighted by Gasteiger charge is -2.31. The molecule has 27 heavy (non-hydrogen) atoms. The number of amides is 2. The number of piperidine rings is 1. The maximum absolute atomic E-state index is 12.3. The van der Waals surface area contributed by atoms with E-state index in [1.54, 1.807) is 31.9 Å². The van der Waals surface area contributed by atoms with Crippen molar-refractivity contribution in [2.75, 3.05) is 45.3 Å². The van der Waals surface area contributed by atoms with Gasteiger partial charge in [0, 0.05) is 45.5 Å². The first-order chi connectivity index (χ1) is 13.0. The van der Waals surface area contributed by atoms with Crippen LogP contribution in [0.5, 0.6) is 0 Å². The fraction of sp³-hybridized carbons (Fsp3) is 0.667. The molecule has 0 saturated carbocycles. The molecule has 150 valence electrons. The topological polar surface area (TPSA) is 106 Å². The van der Waals surface area contributed by atoms with E-state index in [4.69, 9.17) is 9.47 Å². The highest BCUT2D eigenvalue weighted by atomic mass is 16.6. The Morgan fingerprint density at radius 2 is 2.04 bits per heavy atom. The lowest BCUT2D eigenvalue weighted by Crippen LogP contribution is -2.42. The van der Waals surface area contributed by atoms with Crippen LogP contribution in [0.25, 0.3) is 0 Å². The van der Waals surface area contributed by atoms with Crippen LogP contribution in [-0.2, 0) is 9.47 Å². The van der Waals surface area contributed by atoms with Gasteiger partial charge in [-0.3, -0.25) is 4.79 Å². The number of ether oxygens (including phenoxy) is 2. The van der Waals surface area contributed by atoms with Gasteiger partial charge in [-0.05, 0) is 33.1 Å². The van der Waals surface area contributed by atoms with Crippen molar-refractivity contribution in [2.45, 2.75) is 39.2 Å². The second kappa shape index (κ2) is 10.7. The molecular formula is C18H29N5O4. The molecule has 1 saturated heterocycles. The number of carbonyl (C=O) groups is 2. The van der Waals surface area contributed by atoms with E-state index < -0.39 is 0 Å². The second-order valence-corrected chi connectivity index (χ2v) is 6.39. The van der Waals surface area contributed by atoms with Crippen LogP contribution in [0.4, 0.5) is 10.6 Å². The number of carbonyl (C=O) groups excluding carboxylic acids is 2. The van der Waals surface area contributed by atoms with Gasteiger partial charge in [0.1, 0.15) is 17.3 Å². The molecule has 2 amide bonds. The average molecular weight is 379 g/mol. The maximum atomic E-state index is 12.3. The third-order valence-electron chi connectivity index (χ3n) is 4.25. The van der Waals surface area contributed by atoms with E-state index in [1.165, 1.54) is 0 Å². The quantitative estimate of drug-likeness (QED) is 0.661. The van der Waals surface area contributed by atoms with E-state index in [-0.39, 0.29) is 18.0 Å². The van der Waals surface area contributed by atoms with Crippen LogP contribution in [0, 0.1) is 6.92 Å². The van der Waals surface area contributed by atoms with Gasteiger partial charge >= 0.3 is 6.09 Å². The summed E-state index contributed by atoms with van der Waals surface area (Å²) in [5.74, 6) is 0.932. The van der Waals surface area contributed by atoms with E-state index in [1.807, 2.05) is 0 Å². The molecule has 1 aromatic rings. The van der Waals surface area contributed by atoms with Gasteiger partial charge < -0.3 is 25.0 Å². The number of hydrogen-bond acceptors (Lipinski definition) is 7. The van der Waals surface area contributed by atoms with Crippen molar-refractivity contribution < 1.29 is 19.1 Å². The summed E-state index contributed by atoms with van der Waals surface area (Å²) in [6, 6.07) is 1.85. The molecule has 2 heterocycles. The molecule has 1 aliphatic rings. The minimum atomic E-state index is -0.263. The highest BCUT2D eigenvalue weighted by Crippen LogP contribution is 2.17. The highest BCUT2D eigenvalue weighted by Gasteiger charge is 2.24. The van der Waals surface area contributed by atoms with Gasteiger partial charge in [0.2, 0.25) is 0 Å². The highest BCUT2D eigenvalue weighted by molar-refractivity contribution is 5.92. The number of likely N-dealkylation sites (tertiary alicyclic amines) is 1. The SMILES string of the molecule is CCOC(=O)N1CCC(Nc2cc(C(=O)NCCCOC)nc(C)n2)CC1. The van der Waals surface area contributed by atoms with Crippen molar-refractivity contribution in [2.24, 2.45) is 0 Å². The molecule has 0 spiro atoms. The Morgan fingerprint density at radius 3 is 2.70 bits per heavy atom. The van der Waals surface area contributed by atoms with Gasteiger partial charge in [-0.2, -0.15) is 0 Å². The largest absolute Gasteiger partial charge is 0.450 e. The van der Waals surface area contributed by atoms with Crippen LogP contribution in [0.15, 0.2) is 6.07 Å². The minimum Gasteiger partial charge on any atom is -0.450 e. The van der Waals surface area contributed by atoms with Gasteiger partial charge in [0.05, 0.1) is 6.61 Å². The lowest BCUT2D eigenvalue weighted by atomic mass is 10.1. The van der Waals surface area contributed by atoms with Crippen LogP contribution >= 0.6 is 0 Å². The monoisotopic (exact) mass is 379 g/mol. The predicted octanol–water partition coefficient (Wildman–Crippen LogP) is 1.58. The van der Waals surface area contributed by atoms with Crippen molar-refractivity contribution in [1.29, 1.82) is 0 Å². The smallest absolute Gasteiger partial charge is 0.409 e. The Kier molecular flexibility index (Phi) is 8.25. The number of aromatic nitrogens is 2. The maximum Gasteiger partial charge on any atom is 0.409 e. The molecule has 0 aromatic carbocycles. The van der Waals surface area contributed by atoms with Crippen molar-refractivity contribution in [3.8, 4) is 0 Å². The molecule has 0 atom stereocenters. The van der Waals surface area contributed by atoms with Gasteiger partial charge in [-0.15, -0.1) is 0 Å². The minimum absolute atomic E-state index is 0.183. The molecule has 1 fully saturated rings. The zero-order chi connectivity index (χ0) is 19.6. The third kappa shape index (κ3) is 6.67. The summed E-state index contributed by atoms with van der Waals surface area (Å²) in [5, 5.41) is 6.18. The van der Waals surface area contributed by atoms with E-state index in [0.717, 1.165) is 19.3 Å². The van der Waals surface area contributed by atoms with Crippen LogP contribution in [0.2, 0.25) is 0 Å². The summed E-state index contributed by atoms with van der Waals surface area (Å²) in [6.07, 6.45) is 2.07. The van der Waals surface area contributed by atoms with Gasteiger partial charge in [0.15, 0.2) is 0 Å². The van der Waals surface area contributed by atoms with Crippen LogP contribution in [0.3, 0.4) is 0 Å².